The summed E-state index contributed by atoms with van der Waals surface area (Å²) in [7, 11) is 1.65. The highest BCUT2D eigenvalue weighted by atomic mass is 16.2. The van der Waals surface area contributed by atoms with Gasteiger partial charge in [0.15, 0.2) is 5.69 Å². The van der Waals surface area contributed by atoms with Gasteiger partial charge in [-0.1, -0.05) is 12.1 Å². The van der Waals surface area contributed by atoms with Gasteiger partial charge in [0.25, 0.3) is 11.5 Å². The van der Waals surface area contributed by atoms with Gasteiger partial charge in [0.1, 0.15) is 0 Å². The standard InChI is InChI=1S/C17H19N5O2/c1-4-22-11(2)12(9-18-22)10-21(3)17(24)15-16(23)20-14-8-6-5-7-13(14)19-15/h5-9H,4,10H2,1-3H3,(H,20,23). The Balaban J connectivity index is 1.89. The van der Waals surface area contributed by atoms with Crippen LogP contribution in [0.2, 0.25) is 0 Å². The lowest BCUT2D eigenvalue weighted by Crippen LogP contribution is -2.32. The molecule has 0 unspecified atom stereocenters. The van der Waals surface area contributed by atoms with Crippen LogP contribution < -0.4 is 5.56 Å². The molecule has 0 aliphatic carbocycles. The van der Waals surface area contributed by atoms with Crippen LogP contribution in [0.4, 0.5) is 0 Å². The molecule has 7 heteroatoms. The number of aryl methyl sites for hydroxylation is 1. The van der Waals surface area contributed by atoms with Crippen LogP contribution in [0, 0.1) is 6.92 Å². The molecule has 0 spiro atoms. The highest BCUT2D eigenvalue weighted by Gasteiger charge is 2.19. The van der Waals surface area contributed by atoms with Crippen molar-refractivity contribution in [3.05, 3.63) is 57.8 Å². The summed E-state index contributed by atoms with van der Waals surface area (Å²) in [5.41, 5.74) is 2.58. The third-order valence-corrected chi connectivity index (χ3v) is 4.06. The van der Waals surface area contributed by atoms with Crippen LogP contribution in [0.3, 0.4) is 0 Å². The largest absolute Gasteiger partial charge is 0.336 e. The van der Waals surface area contributed by atoms with Crippen LogP contribution in [0.15, 0.2) is 35.3 Å². The van der Waals surface area contributed by atoms with Crippen LogP contribution in [-0.4, -0.2) is 37.6 Å². The normalized spacial score (nSPS) is 11.0. The van der Waals surface area contributed by atoms with E-state index in [1.54, 1.807) is 25.4 Å². The average molecular weight is 325 g/mol. The van der Waals surface area contributed by atoms with Gasteiger partial charge in [-0.2, -0.15) is 5.10 Å². The predicted molar refractivity (Wildman–Crippen MR) is 90.8 cm³/mol. The molecule has 0 atom stereocenters. The fourth-order valence-corrected chi connectivity index (χ4v) is 2.64. The van der Waals surface area contributed by atoms with Gasteiger partial charge in [-0.3, -0.25) is 14.3 Å². The third-order valence-electron chi connectivity index (χ3n) is 4.06. The van der Waals surface area contributed by atoms with E-state index in [1.165, 1.54) is 4.90 Å². The van der Waals surface area contributed by atoms with Gasteiger partial charge in [-0.15, -0.1) is 0 Å². The summed E-state index contributed by atoms with van der Waals surface area (Å²) < 4.78 is 1.87. The van der Waals surface area contributed by atoms with Crippen molar-refractivity contribution in [1.82, 2.24) is 24.6 Å². The monoisotopic (exact) mass is 325 g/mol. The summed E-state index contributed by atoms with van der Waals surface area (Å²) in [6.07, 6.45) is 1.75. The summed E-state index contributed by atoms with van der Waals surface area (Å²) in [6, 6.07) is 7.14. The quantitative estimate of drug-likeness (QED) is 0.791. The Hall–Kier alpha value is -2.96. The minimum Gasteiger partial charge on any atom is -0.336 e. The van der Waals surface area contributed by atoms with Crippen molar-refractivity contribution in [2.75, 3.05) is 7.05 Å². The molecule has 7 nitrogen and oxygen atoms in total. The van der Waals surface area contributed by atoms with E-state index in [1.807, 2.05) is 30.7 Å². The number of hydrogen-bond acceptors (Lipinski definition) is 4. The van der Waals surface area contributed by atoms with E-state index in [0.717, 1.165) is 17.8 Å². The molecule has 3 rings (SSSR count). The van der Waals surface area contributed by atoms with Crippen LogP contribution in [0.5, 0.6) is 0 Å². The zero-order chi connectivity index (χ0) is 17.3. The van der Waals surface area contributed by atoms with Gasteiger partial charge in [-0.05, 0) is 26.0 Å². The van der Waals surface area contributed by atoms with Crippen molar-refractivity contribution in [3.8, 4) is 0 Å². The number of para-hydroxylation sites is 2. The number of carbonyl (C=O) groups excluding carboxylic acids is 1. The van der Waals surface area contributed by atoms with Gasteiger partial charge >= 0.3 is 0 Å². The number of aromatic nitrogens is 4. The lowest BCUT2D eigenvalue weighted by atomic mass is 10.2. The molecule has 2 aromatic heterocycles. The number of nitrogens with zero attached hydrogens (tertiary/aromatic N) is 4. The van der Waals surface area contributed by atoms with E-state index >= 15 is 0 Å². The first-order valence-corrected chi connectivity index (χ1v) is 7.77. The molecule has 0 saturated carbocycles. The lowest BCUT2D eigenvalue weighted by Gasteiger charge is -2.16. The summed E-state index contributed by atoms with van der Waals surface area (Å²) in [5.74, 6) is -0.411. The van der Waals surface area contributed by atoms with Gasteiger partial charge in [-0.25, -0.2) is 4.98 Å². The second kappa shape index (κ2) is 6.27. The number of nitrogens with one attached hydrogen (secondary N) is 1. The Bertz CT molecular complexity index is 957. The van der Waals surface area contributed by atoms with E-state index < -0.39 is 11.5 Å². The number of amides is 1. The molecule has 0 saturated heterocycles. The second-order valence-electron chi connectivity index (χ2n) is 5.66. The van der Waals surface area contributed by atoms with E-state index in [9.17, 15) is 9.59 Å². The molecule has 0 aliphatic rings. The van der Waals surface area contributed by atoms with Crippen LogP contribution in [0.25, 0.3) is 11.0 Å². The summed E-state index contributed by atoms with van der Waals surface area (Å²) >= 11 is 0. The van der Waals surface area contributed by atoms with Crippen molar-refractivity contribution in [2.24, 2.45) is 0 Å². The number of rotatable bonds is 4. The Kier molecular flexibility index (Phi) is 4.16. The maximum absolute atomic E-state index is 12.6. The molecule has 1 aromatic carbocycles. The van der Waals surface area contributed by atoms with Crippen molar-refractivity contribution in [2.45, 2.75) is 26.9 Å². The molecule has 1 amide bonds. The minimum atomic E-state index is -0.480. The maximum atomic E-state index is 12.6. The molecular formula is C17H19N5O2. The van der Waals surface area contributed by atoms with Gasteiger partial charge in [0.05, 0.1) is 17.2 Å². The smallest absolute Gasteiger partial charge is 0.280 e. The summed E-state index contributed by atoms with van der Waals surface area (Å²) in [6.45, 7) is 5.12. The van der Waals surface area contributed by atoms with Gasteiger partial charge < -0.3 is 9.88 Å². The third kappa shape index (κ3) is 2.80. The Morgan fingerprint density at radius 2 is 2.08 bits per heavy atom. The Labute approximate surface area is 138 Å². The molecule has 3 aromatic rings. The van der Waals surface area contributed by atoms with Crippen molar-refractivity contribution in [1.29, 1.82) is 0 Å². The molecule has 124 valence electrons. The van der Waals surface area contributed by atoms with Gasteiger partial charge in [0, 0.05) is 31.4 Å². The average Bonchev–Trinajstić information content (AvgIpc) is 2.93. The maximum Gasteiger partial charge on any atom is 0.280 e. The lowest BCUT2D eigenvalue weighted by molar-refractivity contribution is 0.0777. The van der Waals surface area contributed by atoms with Crippen molar-refractivity contribution >= 4 is 16.9 Å². The number of aromatic amines is 1. The summed E-state index contributed by atoms with van der Waals surface area (Å²) in [4.78, 5) is 33.2. The van der Waals surface area contributed by atoms with E-state index in [-0.39, 0.29) is 5.69 Å². The molecule has 0 aliphatic heterocycles. The van der Waals surface area contributed by atoms with Crippen LogP contribution in [-0.2, 0) is 13.1 Å². The first-order valence-electron chi connectivity index (χ1n) is 7.77. The molecule has 24 heavy (non-hydrogen) atoms. The Morgan fingerprint density at radius 1 is 1.33 bits per heavy atom. The SMILES string of the molecule is CCn1ncc(CN(C)C(=O)c2nc3ccccc3[nH]c2=O)c1C. The fourth-order valence-electron chi connectivity index (χ4n) is 2.64. The highest BCUT2D eigenvalue weighted by molar-refractivity contribution is 5.93. The van der Waals surface area contributed by atoms with Crippen molar-refractivity contribution < 1.29 is 4.79 Å². The number of H-pyrrole nitrogens is 1. The fraction of sp³-hybridized carbons (Fsp3) is 0.294. The topological polar surface area (TPSA) is 83.9 Å². The van der Waals surface area contributed by atoms with E-state index in [4.69, 9.17) is 0 Å². The molecule has 0 fully saturated rings. The van der Waals surface area contributed by atoms with Crippen LogP contribution in [0.1, 0.15) is 28.7 Å². The van der Waals surface area contributed by atoms with Gasteiger partial charge in [0.2, 0.25) is 0 Å². The molecule has 0 radical (unpaired) electrons. The van der Waals surface area contributed by atoms with E-state index in [2.05, 4.69) is 15.1 Å². The van der Waals surface area contributed by atoms with Crippen LogP contribution >= 0.6 is 0 Å². The number of hydrogen-bond donors (Lipinski definition) is 1. The number of fused-ring (bicyclic) bond motifs is 1. The summed E-state index contributed by atoms with van der Waals surface area (Å²) in [5, 5.41) is 4.27. The predicted octanol–water partition coefficient (Wildman–Crippen LogP) is 1.72. The highest BCUT2D eigenvalue weighted by Crippen LogP contribution is 2.12. The minimum absolute atomic E-state index is 0.100. The molecule has 1 N–H and O–H groups in total. The number of carbonyl (C=O) groups is 1. The first kappa shape index (κ1) is 15.9. The molecule has 2 heterocycles. The van der Waals surface area contributed by atoms with Crippen molar-refractivity contribution in [3.63, 3.8) is 0 Å². The van der Waals surface area contributed by atoms with E-state index in [0.29, 0.717) is 17.6 Å². The zero-order valence-electron chi connectivity index (χ0n) is 13.9. The number of benzene rings is 1. The zero-order valence-corrected chi connectivity index (χ0v) is 13.9. The molecular weight excluding hydrogens is 306 g/mol. The molecule has 0 bridgehead atoms. The Morgan fingerprint density at radius 3 is 2.79 bits per heavy atom. The first-order chi connectivity index (χ1) is 11.5. The second-order valence-corrected chi connectivity index (χ2v) is 5.66.